The van der Waals surface area contributed by atoms with Gasteiger partial charge in [-0.2, -0.15) is 5.26 Å². The number of hydrogen-bond acceptors (Lipinski definition) is 3. The molecule has 4 nitrogen and oxygen atoms in total. The molecule has 0 N–H and O–H groups in total. The van der Waals surface area contributed by atoms with E-state index in [1.165, 1.54) is 10.6 Å². The molecular weight excluding hydrogens is 212 g/mol. The summed E-state index contributed by atoms with van der Waals surface area (Å²) in [6.45, 7) is 0. The maximum atomic E-state index is 11.3. The Bertz CT molecular complexity index is 337. The molecule has 1 fully saturated rings. The minimum atomic E-state index is -3.06. The summed E-state index contributed by atoms with van der Waals surface area (Å²) in [5, 5.41) is 8.57. The zero-order valence-corrected chi connectivity index (χ0v) is 10.1. The summed E-state index contributed by atoms with van der Waals surface area (Å²) in [5.74, 6) is 0.471. The van der Waals surface area contributed by atoms with Crippen LogP contribution in [0.2, 0.25) is 0 Å². The van der Waals surface area contributed by atoms with Gasteiger partial charge in [-0.3, -0.25) is 0 Å². The van der Waals surface area contributed by atoms with Crippen molar-refractivity contribution >= 4 is 10.0 Å². The minimum absolute atomic E-state index is 0.134. The molecule has 0 saturated heterocycles. The van der Waals surface area contributed by atoms with Crippen LogP contribution in [0.25, 0.3) is 0 Å². The second kappa shape index (κ2) is 4.95. The van der Waals surface area contributed by atoms with E-state index in [0.717, 1.165) is 25.7 Å². The standard InChI is InChI=1S/C10H18N2O2S/c1-12(15(2,13)14)10-5-3-9(4-6-10)7-8-11/h9-10H,3-7H2,1-2H3. The second-order valence-electron chi connectivity index (χ2n) is 4.32. The lowest BCUT2D eigenvalue weighted by Crippen LogP contribution is -2.38. The molecule has 1 saturated carbocycles. The summed E-state index contributed by atoms with van der Waals surface area (Å²) in [4.78, 5) is 0. The molecule has 0 aromatic rings. The van der Waals surface area contributed by atoms with Crippen LogP contribution >= 0.6 is 0 Å². The van der Waals surface area contributed by atoms with Gasteiger partial charge in [-0.05, 0) is 31.6 Å². The fraction of sp³-hybridized carbons (Fsp3) is 0.900. The fourth-order valence-corrected chi connectivity index (χ4v) is 2.86. The van der Waals surface area contributed by atoms with E-state index < -0.39 is 10.0 Å². The van der Waals surface area contributed by atoms with Crippen molar-refractivity contribution in [2.75, 3.05) is 13.3 Å². The summed E-state index contributed by atoms with van der Waals surface area (Å²) in [5.41, 5.74) is 0. The minimum Gasteiger partial charge on any atom is -0.213 e. The van der Waals surface area contributed by atoms with Crippen molar-refractivity contribution in [3.63, 3.8) is 0 Å². The van der Waals surface area contributed by atoms with E-state index in [1.54, 1.807) is 7.05 Å². The molecule has 0 amide bonds. The first kappa shape index (κ1) is 12.5. The van der Waals surface area contributed by atoms with Crippen molar-refractivity contribution in [1.82, 2.24) is 4.31 Å². The molecule has 15 heavy (non-hydrogen) atoms. The average Bonchev–Trinajstić information content (AvgIpc) is 2.17. The van der Waals surface area contributed by atoms with Crippen LogP contribution in [0.15, 0.2) is 0 Å². The Morgan fingerprint density at radius 2 is 1.87 bits per heavy atom. The third-order valence-electron chi connectivity index (χ3n) is 3.23. The summed E-state index contributed by atoms with van der Waals surface area (Å²) in [6.07, 6.45) is 5.56. The third-order valence-corrected chi connectivity index (χ3v) is 4.58. The Morgan fingerprint density at radius 3 is 2.27 bits per heavy atom. The molecule has 5 heteroatoms. The molecule has 0 atom stereocenters. The fourth-order valence-electron chi connectivity index (χ4n) is 2.11. The highest BCUT2D eigenvalue weighted by molar-refractivity contribution is 7.88. The molecule has 0 aromatic heterocycles. The van der Waals surface area contributed by atoms with Gasteiger partial charge in [0.15, 0.2) is 0 Å². The summed E-state index contributed by atoms with van der Waals surface area (Å²) in [6, 6.07) is 2.31. The van der Waals surface area contributed by atoms with Gasteiger partial charge in [0.25, 0.3) is 0 Å². The van der Waals surface area contributed by atoms with Crippen molar-refractivity contribution in [3.8, 4) is 6.07 Å². The monoisotopic (exact) mass is 230 g/mol. The normalized spacial score (nSPS) is 27.6. The van der Waals surface area contributed by atoms with Gasteiger partial charge in [-0.1, -0.05) is 0 Å². The quantitative estimate of drug-likeness (QED) is 0.735. The van der Waals surface area contributed by atoms with Crippen LogP contribution in [-0.4, -0.2) is 32.1 Å². The maximum absolute atomic E-state index is 11.3. The highest BCUT2D eigenvalue weighted by Gasteiger charge is 2.27. The lowest BCUT2D eigenvalue weighted by atomic mass is 9.84. The van der Waals surface area contributed by atoms with E-state index in [-0.39, 0.29) is 6.04 Å². The zero-order chi connectivity index (χ0) is 11.5. The van der Waals surface area contributed by atoms with Gasteiger partial charge in [-0.15, -0.1) is 0 Å². The van der Waals surface area contributed by atoms with Gasteiger partial charge >= 0.3 is 0 Å². The van der Waals surface area contributed by atoms with Crippen molar-refractivity contribution in [2.45, 2.75) is 38.1 Å². The molecule has 0 heterocycles. The van der Waals surface area contributed by atoms with Crippen LogP contribution in [-0.2, 0) is 10.0 Å². The highest BCUT2D eigenvalue weighted by atomic mass is 32.2. The summed E-state index contributed by atoms with van der Waals surface area (Å²) >= 11 is 0. The molecule has 86 valence electrons. The second-order valence-corrected chi connectivity index (χ2v) is 6.36. The Kier molecular flexibility index (Phi) is 4.12. The lowest BCUT2D eigenvalue weighted by Gasteiger charge is -2.32. The first-order valence-electron chi connectivity index (χ1n) is 5.25. The number of hydrogen-bond donors (Lipinski definition) is 0. The van der Waals surface area contributed by atoms with Gasteiger partial charge in [0, 0.05) is 19.5 Å². The van der Waals surface area contributed by atoms with Crippen LogP contribution < -0.4 is 0 Å². The summed E-state index contributed by atoms with van der Waals surface area (Å²) < 4.78 is 24.1. The number of rotatable bonds is 3. The molecule has 0 aliphatic heterocycles. The van der Waals surface area contributed by atoms with E-state index in [9.17, 15) is 8.42 Å². The topological polar surface area (TPSA) is 61.2 Å². The molecule has 1 aliphatic rings. The molecule has 0 aromatic carbocycles. The molecule has 1 aliphatic carbocycles. The first-order valence-corrected chi connectivity index (χ1v) is 7.10. The van der Waals surface area contributed by atoms with E-state index in [2.05, 4.69) is 6.07 Å². The maximum Gasteiger partial charge on any atom is 0.211 e. The van der Waals surface area contributed by atoms with Crippen molar-refractivity contribution in [2.24, 2.45) is 5.92 Å². The molecule has 0 spiro atoms. The molecule has 1 rings (SSSR count). The van der Waals surface area contributed by atoms with Gasteiger partial charge < -0.3 is 0 Å². The van der Waals surface area contributed by atoms with Crippen molar-refractivity contribution < 1.29 is 8.42 Å². The Hall–Kier alpha value is -0.600. The predicted octanol–water partition coefficient (Wildman–Crippen LogP) is 1.35. The number of sulfonamides is 1. The molecule has 0 unspecified atom stereocenters. The van der Waals surface area contributed by atoms with E-state index in [4.69, 9.17) is 5.26 Å². The largest absolute Gasteiger partial charge is 0.213 e. The van der Waals surface area contributed by atoms with Crippen molar-refractivity contribution in [3.05, 3.63) is 0 Å². The van der Waals surface area contributed by atoms with Crippen LogP contribution in [0.4, 0.5) is 0 Å². The predicted molar refractivity (Wildman–Crippen MR) is 58.6 cm³/mol. The van der Waals surface area contributed by atoms with Gasteiger partial charge in [0.1, 0.15) is 0 Å². The molecular formula is C10H18N2O2S. The Labute approximate surface area is 91.9 Å². The van der Waals surface area contributed by atoms with Crippen LogP contribution in [0.5, 0.6) is 0 Å². The molecule has 0 bridgehead atoms. The van der Waals surface area contributed by atoms with E-state index >= 15 is 0 Å². The summed E-state index contributed by atoms with van der Waals surface area (Å²) in [7, 11) is -1.42. The van der Waals surface area contributed by atoms with Gasteiger partial charge in [0.05, 0.1) is 12.3 Å². The number of nitrogens with zero attached hydrogens (tertiary/aromatic N) is 2. The third kappa shape index (κ3) is 3.47. The highest BCUT2D eigenvalue weighted by Crippen LogP contribution is 2.29. The molecule has 0 radical (unpaired) electrons. The smallest absolute Gasteiger partial charge is 0.211 e. The zero-order valence-electron chi connectivity index (χ0n) is 9.31. The van der Waals surface area contributed by atoms with Gasteiger partial charge in [-0.25, -0.2) is 12.7 Å². The van der Waals surface area contributed by atoms with Crippen LogP contribution in [0, 0.1) is 17.2 Å². The van der Waals surface area contributed by atoms with Crippen LogP contribution in [0.1, 0.15) is 32.1 Å². The van der Waals surface area contributed by atoms with Crippen LogP contribution in [0.3, 0.4) is 0 Å². The van der Waals surface area contributed by atoms with E-state index in [0.29, 0.717) is 12.3 Å². The van der Waals surface area contributed by atoms with E-state index in [1.807, 2.05) is 0 Å². The number of nitriles is 1. The lowest BCUT2D eigenvalue weighted by molar-refractivity contribution is 0.239. The Balaban J connectivity index is 2.48. The average molecular weight is 230 g/mol. The van der Waals surface area contributed by atoms with Crippen molar-refractivity contribution in [1.29, 1.82) is 5.26 Å². The first-order chi connectivity index (χ1) is 6.95. The Morgan fingerprint density at radius 1 is 1.33 bits per heavy atom. The van der Waals surface area contributed by atoms with Gasteiger partial charge in [0.2, 0.25) is 10.0 Å². The SMILES string of the molecule is CN(C1CCC(CC#N)CC1)S(C)(=O)=O.